The summed E-state index contributed by atoms with van der Waals surface area (Å²) in [6.45, 7) is 3.17. The molecule has 102 valence electrons. The predicted octanol–water partition coefficient (Wildman–Crippen LogP) is 2.78. The summed E-state index contributed by atoms with van der Waals surface area (Å²) in [5, 5.41) is 7.38. The smallest absolute Gasteiger partial charge is 0.292 e. The van der Waals surface area contributed by atoms with Gasteiger partial charge in [0.25, 0.3) is 5.92 Å². The number of hydrogen-bond donors (Lipinski definition) is 1. The van der Waals surface area contributed by atoms with E-state index < -0.39 is 12.5 Å². The summed E-state index contributed by atoms with van der Waals surface area (Å²) in [7, 11) is 0. The lowest BCUT2D eigenvalue weighted by molar-refractivity contribution is -0.0267. The minimum atomic E-state index is -3.01. The van der Waals surface area contributed by atoms with Crippen molar-refractivity contribution in [1.29, 1.82) is 0 Å². The van der Waals surface area contributed by atoms with Crippen molar-refractivity contribution in [2.24, 2.45) is 0 Å². The van der Waals surface area contributed by atoms with Gasteiger partial charge in [-0.25, -0.2) is 4.68 Å². The van der Waals surface area contributed by atoms with Crippen LogP contribution in [0.25, 0.3) is 0 Å². The first kappa shape index (κ1) is 13.5. The van der Waals surface area contributed by atoms with Crippen molar-refractivity contribution < 1.29 is 8.78 Å². The number of alkyl halides is 2. The Bertz CT molecular complexity index is 549. The Morgan fingerprint density at radius 2 is 1.89 bits per heavy atom. The summed E-state index contributed by atoms with van der Waals surface area (Å²) in [5.41, 5.74) is 6.16. The van der Waals surface area contributed by atoms with Crippen molar-refractivity contribution in [3.8, 4) is 0 Å². The monoisotopic (exact) mass is 266 g/mol. The predicted molar refractivity (Wildman–Crippen MR) is 68.9 cm³/mol. The van der Waals surface area contributed by atoms with Crippen LogP contribution in [0.2, 0.25) is 0 Å². The number of rotatable bonds is 4. The highest BCUT2D eigenvalue weighted by Gasteiger charge is 2.34. The molecular weight excluding hydrogens is 250 g/mol. The molecule has 0 saturated heterocycles. The number of aromatic nitrogens is 3. The van der Waals surface area contributed by atoms with Crippen molar-refractivity contribution in [2.75, 3.05) is 5.73 Å². The van der Waals surface area contributed by atoms with Gasteiger partial charge in [0.15, 0.2) is 5.82 Å². The Morgan fingerprint density at radius 1 is 1.26 bits per heavy atom. The van der Waals surface area contributed by atoms with Gasteiger partial charge in [-0.1, -0.05) is 49.4 Å². The van der Waals surface area contributed by atoms with Crippen molar-refractivity contribution in [3.05, 3.63) is 41.6 Å². The van der Waals surface area contributed by atoms with Crippen LogP contribution in [0, 0.1) is 0 Å². The summed E-state index contributed by atoms with van der Waals surface area (Å²) in [6.07, 6.45) is 0. The van der Waals surface area contributed by atoms with Gasteiger partial charge in [-0.05, 0) is 5.92 Å². The van der Waals surface area contributed by atoms with Gasteiger partial charge in [0.1, 0.15) is 6.54 Å². The fraction of sp³-hybridized carbons (Fsp3) is 0.385. The third kappa shape index (κ3) is 2.72. The molecule has 0 spiro atoms. The topological polar surface area (TPSA) is 56.7 Å². The summed E-state index contributed by atoms with van der Waals surface area (Å²) in [6, 6.07) is 7.67. The molecule has 6 heteroatoms. The minimum absolute atomic E-state index is 0.0124. The highest BCUT2D eigenvalue weighted by Crippen LogP contribution is 2.31. The van der Waals surface area contributed by atoms with Crippen LogP contribution < -0.4 is 5.73 Å². The number of nitrogen functional groups attached to an aromatic ring is 1. The Balaban J connectivity index is 2.31. The maximum atomic E-state index is 14.2. The molecule has 0 aliphatic rings. The number of hydrogen-bond acceptors (Lipinski definition) is 3. The lowest BCUT2D eigenvalue weighted by atomic mass is 10.1. The molecule has 0 aliphatic heterocycles. The van der Waals surface area contributed by atoms with Crippen molar-refractivity contribution >= 4 is 5.82 Å². The molecule has 0 saturated carbocycles. The molecule has 0 amide bonds. The normalized spacial score (nSPS) is 12.1. The number of halogens is 2. The third-order valence-electron chi connectivity index (χ3n) is 2.89. The van der Waals surface area contributed by atoms with E-state index in [9.17, 15) is 8.78 Å². The molecule has 0 fully saturated rings. The third-order valence-corrected chi connectivity index (χ3v) is 2.89. The number of anilines is 1. The van der Waals surface area contributed by atoms with E-state index in [2.05, 4.69) is 10.3 Å². The fourth-order valence-corrected chi connectivity index (χ4v) is 2.01. The first-order valence-electron chi connectivity index (χ1n) is 6.04. The largest absolute Gasteiger partial charge is 0.381 e. The van der Waals surface area contributed by atoms with Gasteiger partial charge >= 0.3 is 0 Å². The van der Waals surface area contributed by atoms with E-state index in [1.54, 1.807) is 18.2 Å². The summed E-state index contributed by atoms with van der Waals surface area (Å²) >= 11 is 0. The van der Waals surface area contributed by atoms with Crippen LogP contribution >= 0.6 is 0 Å². The van der Waals surface area contributed by atoms with Crippen LogP contribution in [0.1, 0.15) is 31.0 Å². The standard InChI is InChI=1S/C13H16F2N4/c1-9(2)11-12(16)17-18-19(11)8-13(14,15)10-6-4-3-5-7-10/h3-7,9H,8,16H2,1-2H3. The van der Waals surface area contributed by atoms with E-state index in [0.29, 0.717) is 5.69 Å². The number of benzene rings is 1. The molecule has 19 heavy (non-hydrogen) atoms. The van der Waals surface area contributed by atoms with Gasteiger partial charge in [0, 0.05) is 5.56 Å². The van der Waals surface area contributed by atoms with Gasteiger partial charge < -0.3 is 5.73 Å². The second kappa shape index (κ2) is 4.95. The van der Waals surface area contributed by atoms with Crippen LogP contribution in [0.3, 0.4) is 0 Å². The molecule has 1 aromatic carbocycles. The molecule has 2 rings (SSSR count). The van der Waals surface area contributed by atoms with Crippen LogP contribution in [0.5, 0.6) is 0 Å². The van der Waals surface area contributed by atoms with Gasteiger partial charge in [0.2, 0.25) is 0 Å². The van der Waals surface area contributed by atoms with E-state index in [1.807, 2.05) is 13.8 Å². The average Bonchev–Trinajstić information content (AvgIpc) is 2.71. The molecule has 2 aromatic rings. The number of nitrogens with two attached hydrogens (primary N) is 1. The average molecular weight is 266 g/mol. The molecular formula is C13H16F2N4. The Hall–Kier alpha value is -1.98. The van der Waals surface area contributed by atoms with Crippen LogP contribution in [0.15, 0.2) is 30.3 Å². The van der Waals surface area contributed by atoms with Gasteiger partial charge in [-0.2, -0.15) is 8.78 Å². The maximum absolute atomic E-state index is 14.2. The number of nitrogens with zero attached hydrogens (tertiary/aromatic N) is 3. The van der Waals surface area contributed by atoms with Crippen LogP contribution in [-0.4, -0.2) is 15.0 Å². The first-order valence-corrected chi connectivity index (χ1v) is 6.04. The molecule has 4 nitrogen and oxygen atoms in total. The summed E-state index contributed by atoms with van der Waals surface area (Å²) in [5.74, 6) is -2.81. The summed E-state index contributed by atoms with van der Waals surface area (Å²) < 4.78 is 29.5. The quantitative estimate of drug-likeness (QED) is 0.925. The maximum Gasteiger partial charge on any atom is 0.292 e. The zero-order valence-electron chi connectivity index (χ0n) is 10.8. The molecule has 0 bridgehead atoms. The molecule has 0 unspecified atom stereocenters. The molecule has 0 aliphatic carbocycles. The second-order valence-electron chi connectivity index (χ2n) is 4.74. The van der Waals surface area contributed by atoms with Crippen molar-refractivity contribution in [1.82, 2.24) is 15.0 Å². The Morgan fingerprint density at radius 3 is 2.47 bits per heavy atom. The molecule has 1 aromatic heterocycles. The SMILES string of the molecule is CC(C)c1c(N)nnn1CC(F)(F)c1ccccc1. The first-order chi connectivity index (χ1) is 8.92. The Kier molecular flexibility index (Phi) is 3.50. The van der Waals surface area contributed by atoms with E-state index in [4.69, 9.17) is 5.73 Å². The van der Waals surface area contributed by atoms with E-state index in [1.165, 1.54) is 16.8 Å². The lowest BCUT2D eigenvalue weighted by Crippen LogP contribution is -2.24. The van der Waals surface area contributed by atoms with Crippen molar-refractivity contribution in [3.63, 3.8) is 0 Å². The van der Waals surface area contributed by atoms with Crippen LogP contribution in [0.4, 0.5) is 14.6 Å². The zero-order chi connectivity index (χ0) is 14.0. The summed E-state index contributed by atoms with van der Waals surface area (Å²) in [4.78, 5) is 0. The van der Waals surface area contributed by atoms with E-state index >= 15 is 0 Å². The van der Waals surface area contributed by atoms with Gasteiger partial charge in [0.05, 0.1) is 5.69 Å². The second-order valence-corrected chi connectivity index (χ2v) is 4.74. The molecule has 0 radical (unpaired) electrons. The molecule has 1 heterocycles. The van der Waals surface area contributed by atoms with Gasteiger partial charge in [-0.3, -0.25) is 0 Å². The highest BCUT2D eigenvalue weighted by atomic mass is 19.3. The molecule has 2 N–H and O–H groups in total. The fourth-order valence-electron chi connectivity index (χ4n) is 2.01. The minimum Gasteiger partial charge on any atom is -0.381 e. The van der Waals surface area contributed by atoms with Crippen LogP contribution in [-0.2, 0) is 12.5 Å². The zero-order valence-corrected chi connectivity index (χ0v) is 10.8. The highest BCUT2D eigenvalue weighted by molar-refractivity contribution is 5.35. The van der Waals surface area contributed by atoms with Crippen molar-refractivity contribution in [2.45, 2.75) is 32.2 Å². The van der Waals surface area contributed by atoms with E-state index in [-0.39, 0.29) is 17.3 Å². The van der Waals surface area contributed by atoms with Gasteiger partial charge in [-0.15, -0.1) is 5.10 Å². The molecule has 0 atom stereocenters. The van der Waals surface area contributed by atoms with E-state index in [0.717, 1.165) is 0 Å². The Labute approximate surface area is 110 Å². The lowest BCUT2D eigenvalue weighted by Gasteiger charge is -2.18.